The summed E-state index contributed by atoms with van der Waals surface area (Å²) in [5.74, 6) is 0.126. The first-order valence-corrected chi connectivity index (χ1v) is 7.28. The average Bonchev–Trinajstić information content (AvgIpc) is 2.45. The molecule has 1 aromatic heterocycles. The molecule has 0 aliphatic carbocycles. The molecule has 0 saturated heterocycles. The van der Waals surface area contributed by atoms with Crippen molar-refractivity contribution in [3.05, 3.63) is 57.8 Å². The number of alkyl halides is 3. The van der Waals surface area contributed by atoms with Crippen LogP contribution in [-0.4, -0.2) is 11.5 Å². The molecule has 1 aliphatic rings. The van der Waals surface area contributed by atoms with Gasteiger partial charge < -0.3 is 5.32 Å². The fraction of sp³-hybridized carbons (Fsp3) is 0.267. The summed E-state index contributed by atoms with van der Waals surface area (Å²) in [5.41, 5.74) is 2.20. The van der Waals surface area contributed by atoms with E-state index < -0.39 is 11.9 Å². The first-order chi connectivity index (χ1) is 9.93. The number of rotatable bonds is 1. The Labute approximate surface area is 128 Å². The van der Waals surface area contributed by atoms with Crippen LogP contribution >= 0.6 is 15.9 Å². The maximum atomic E-state index is 12.5. The van der Waals surface area contributed by atoms with E-state index in [9.17, 15) is 13.2 Å². The predicted octanol–water partition coefficient (Wildman–Crippen LogP) is 4.61. The van der Waals surface area contributed by atoms with Gasteiger partial charge in [-0.3, -0.25) is 4.98 Å². The van der Waals surface area contributed by atoms with Gasteiger partial charge in [-0.1, -0.05) is 22.0 Å². The zero-order valence-corrected chi connectivity index (χ0v) is 12.5. The molecule has 0 spiro atoms. The lowest BCUT2D eigenvalue weighted by Crippen LogP contribution is -2.22. The first-order valence-electron chi connectivity index (χ1n) is 6.49. The number of nitrogens with zero attached hydrogens (tertiary/aromatic N) is 1. The van der Waals surface area contributed by atoms with Crippen molar-refractivity contribution in [2.45, 2.75) is 18.5 Å². The van der Waals surface area contributed by atoms with Crippen LogP contribution in [0.5, 0.6) is 0 Å². The molecule has 0 fully saturated rings. The molecule has 0 saturated carbocycles. The summed E-state index contributed by atoms with van der Waals surface area (Å²) < 4.78 is 38.6. The second-order valence-corrected chi connectivity index (χ2v) is 5.97. The first kappa shape index (κ1) is 14.4. The van der Waals surface area contributed by atoms with Crippen molar-refractivity contribution in [3.8, 4) is 0 Å². The highest BCUT2D eigenvalue weighted by Crippen LogP contribution is 2.33. The number of nitrogens with one attached hydrogen (secondary N) is 1. The van der Waals surface area contributed by atoms with Crippen molar-refractivity contribution in [1.82, 2.24) is 4.98 Å². The van der Waals surface area contributed by atoms with E-state index in [0.717, 1.165) is 33.8 Å². The van der Waals surface area contributed by atoms with E-state index in [0.29, 0.717) is 6.54 Å². The van der Waals surface area contributed by atoms with Gasteiger partial charge in [-0.15, -0.1) is 0 Å². The van der Waals surface area contributed by atoms with Crippen LogP contribution in [0.2, 0.25) is 0 Å². The van der Waals surface area contributed by atoms with Gasteiger partial charge in [0.05, 0.1) is 0 Å². The minimum atomic E-state index is -4.39. The second kappa shape index (κ2) is 5.33. The molecule has 1 aliphatic heterocycles. The van der Waals surface area contributed by atoms with Gasteiger partial charge in [-0.05, 0) is 41.8 Å². The normalized spacial score (nSPS) is 18.0. The molecule has 1 aromatic carbocycles. The Kier molecular flexibility index (Phi) is 3.65. The number of benzene rings is 1. The number of aromatic nitrogens is 1. The molecule has 2 nitrogen and oxygen atoms in total. The monoisotopic (exact) mass is 356 g/mol. The standard InChI is InChI=1S/C15H12BrF3N2/c16-12-2-3-13-10(6-12)5-11(8-20-13)9-1-4-14(21-7-9)15(17,18)19/h1-4,6-7,11,20H,5,8H2. The molecule has 1 N–H and O–H groups in total. The zero-order valence-electron chi connectivity index (χ0n) is 10.9. The summed E-state index contributed by atoms with van der Waals surface area (Å²) >= 11 is 3.43. The van der Waals surface area contributed by atoms with Gasteiger partial charge in [0, 0.05) is 28.8 Å². The van der Waals surface area contributed by atoms with Crippen LogP contribution in [0.1, 0.15) is 22.7 Å². The number of hydrogen-bond donors (Lipinski definition) is 1. The molecule has 2 heterocycles. The Morgan fingerprint density at radius 1 is 1.19 bits per heavy atom. The van der Waals surface area contributed by atoms with Gasteiger partial charge in [0.2, 0.25) is 0 Å². The molecule has 110 valence electrons. The topological polar surface area (TPSA) is 24.9 Å². The fourth-order valence-electron chi connectivity index (χ4n) is 2.52. The zero-order chi connectivity index (χ0) is 15.0. The van der Waals surface area contributed by atoms with E-state index >= 15 is 0 Å². The molecular formula is C15H12BrF3N2. The Hall–Kier alpha value is -1.56. The van der Waals surface area contributed by atoms with Crippen molar-refractivity contribution >= 4 is 21.6 Å². The Balaban J connectivity index is 1.83. The number of anilines is 1. The summed E-state index contributed by atoms with van der Waals surface area (Å²) in [6.45, 7) is 0.696. The summed E-state index contributed by atoms with van der Waals surface area (Å²) in [4.78, 5) is 3.54. The van der Waals surface area contributed by atoms with E-state index in [4.69, 9.17) is 0 Å². The SMILES string of the molecule is FC(F)(F)c1ccc(C2CNc3ccc(Br)cc3C2)cn1. The quantitative estimate of drug-likeness (QED) is 0.806. The predicted molar refractivity (Wildman–Crippen MR) is 78.3 cm³/mol. The van der Waals surface area contributed by atoms with Crippen LogP contribution in [0.15, 0.2) is 41.0 Å². The van der Waals surface area contributed by atoms with Crippen LogP contribution in [0.25, 0.3) is 0 Å². The molecule has 1 unspecified atom stereocenters. The van der Waals surface area contributed by atoms with E-state index in [1.54, 1.807) is 0 Å². The molecule has 2 aromatic rings. The van der Waals surface area contributed by atoms with Crippen LogP contribution in [0, 0.1) is 0 Å². The highest BCUT2D eigenvalue weighted by Gasteiger charge is 2.32. The number of hydrogen-bond acceptors (Lipinski definition) is 2. The minimum Gasteiger partial charge on any atom is -0.384 e. The summed E-state index contributed by atoms with van der Waals surface area (Å²) in [7, 11) is 0. The third-order valence-electron chi connectivity index (χ3n) is 3.62. The van der Waals surface area contributed by atoms with E-state index in [1.165, 1.54) is 12.3 Å². The van der Waals surface area contributed by atoms with Crippen LogP contribution < -0.4 is 5.32 Å². The van der Waals surface area contributed by atoms with Gasteiger partial charge in [0.25, 0.3) is 0 Å². The fourth-order valence-corrected chi connectivity index (χ4v) is 2.93. The maximum Gasteiger partial charge on any atom is 0.433 e. The Morgan fingerprint density at radius 3 is 2.67 bits per heavy atom. The van der Waals surface area contributed by atoms with Gasteiger partial charge in [-0.2, -0.15) is 13.2 Å². The molecule has 0 bridgehead atoms. The molecule has 1 atom stereocenters. The summed E-state index contributed by atoms with van der Waals surface area (Å²) in [5, 5.41) is 3.31. The average molecular weight is 357 g/mol. The van der Waals surface area contributed by atoms with Crippen molar-refractivity contribution in [2.24, 2.45) is 0 Å². The Morgan fingerprint density at radius 2 is 2.00 bits per heavy atom. The van der Waals surface area contributed by atoms with E-state index in [1.807, 2.05) is 18.2 Å². The van der Waals surface area contributed by atoms with Crippen molar-refractivity contribution < 1.29 is 13.2 Å². The van der Waals surface area contributed by atoms with Gasteiger partial charge in [0.1, 0.15) is 5.69 Å². The summed E-state index contributed by atoms with van der Waals surface area (Å²) in [6, 6.07) is 8.56. The molecular weight excluding hydrogens is 345 g/mol. The van der Waals surface area contributed by atoms with Crippen molar-refractivity contribution in [3.63, 3.8) is 0 Å². The number of halogens is 4. The lowest BCUT2D eigenvalue weighted by molar-refractivity contribution is -0.141. The highest BCUT2D eigenvalue weighted by molar-refractivity contribution is 9.10. The number of pyridine rings is 1. The maximum absolute atomic E-state index is 12.5. The molecule has 3 rings (SSSR count). The second-order valence-electron chi connectivity index (χ2n) is 5.06. The van der Waals surface area contributed by atoms with Crippen LogP contribution in [0.3, 0.4) is 0 Å². The lowest BCUT2D eigenvalue weighted by atomic mass is 9.89. The minimum absolute atomic E-state index is 0.126. The molecule has 21 heavy (non-hydrogen) atoms. The van der Waals surface area contributed by atoms with E-state index in [2.05, 4.69) is 26.2 Å². The third kappa shape index (κ3) is 3.05. The largest absolute Gasteiger partial charge is 0.433 e. The van der Waals surface area contributed by atoms with Gasteiger partial charge in [-0.25, -0.2) is 0 Å². The van der Waals surface area contributed by atoms with Gasteiger partial charge in [0.15, 0.2) is 0 Å². The molecule has 0 radical (unpaired) electrons. The van der Waals surface area contributed by atoms with Crippen LogP contribution in [-0.2, 0) is 12.6 Å². The van der Waals surface area contributed by atoms with Gasteiger partial charge >= 0.3 is 6.18 Å². The van der Waals surface area contributed by atoms with E-state index in [-0.39, 0.29) is 5.92 Å². The highest BCUT2D eigenvalue weighted by atomic mass is 79.9. The number of fused-ring (bicyclic) bond motifs is 1. The lowest BCUT2D eigenvalue weighted by Gasteiger charge is -2.26. The molecule has 0 amide bonds. The van der Waals surface area contributed by atoms with Crippen molar-refractivity contribution in [2.75, 3.05) is 11.9 Å². The molecule has 6 heteroatoms. The summed E-state index contributed by atoms with van der Waals surface area (Å²) in [6.07, 6.45) is -2.27. The van der Waals surface area contributed by atoms with Crippen LogP contribution in [0.4, 0.5) is 18.9 Å². The van der Waals surface area contributed by atoms with Crippen molar-refractivity contribution in [1.29, 1.82) is 0 Å². The third-order valence-corrected chi connectivity index (χ3v) is 4.11. The smallest absolute Gasteiger partial charge is 0.384 e. The Bertz CT molecular complexity index is 653.